The Morgan fingerprint density at radius 2 is 1.54 bits per heavy atom. The standard InChI is InChI=1S/C19H22N2O4S/c1-4-24-16-10-13(11-17(12-16)25-5-2)18(22)21-19(26)20-14-6-8-15(23-3)9-7-14/h6-12H,4-5H2,1-3H3,(H2,20,21,22,26). The number of methoxy groups -OCH3 is 1. The third-order valence-electron chi connectivity index (χ3n) is 3.34. The number of rotatable bonds is 7. The van der Waals surface area contributed by atoms with E-state index in [9.17, 15) is 4.79 Å². The first kappa shape index (κ1) is 19.5. The Hall–Kier alpha value is -2.80. The molecule has 26 heavy (non-hydrogen) atoms. The van der Waals surface area contributed by atoms with Crippen LogP contribution in [-0.2, 0) is 0 Å². The molecule has 0 atom stereocenters. The molecule has 0 aliphatic carbocycles. The highest BCUT2D eigenvalue weighted by Crippen LogP contribution is 2.23. The molecule has 0 spiro atoms. The summed E-state index contributed by atoms with van der Waals surface area (Å²) in [5.74, 6) is 1.52. The van der Waals surface area contributed by atoms with Crippen molar-refractivity contribution in [1.82, 2.24) is 5.32 Å². The van der Waals surface area contributed by atoms with Gasteiger partial charge in [-0.05, 0) is 62.5 Å². The van der Waals surface area contributed by atoms with Crippen LogP contribution in [0.5, 0.6) is 17.2 Å². The monoisotopic (exact) mass is 374 g/mol. The molecule has 1 amide bonds. The maximum atomic E-state index is 12.5. The van der Waals surface area contributed by atoms with Crippen LogP contribution < -0.4 is 24.8 Å². The Balaban J connectivity index is 2.06. The smallest absolute Gasteiger partial charge is 0.257 e. The van der Waals surface area contributed by atoms with E-state index in [0.717, 1.165) is 11.4 Å². The van der Waals surface area contributed by atoms with Crippen molar-refractivity contribution in [3.63, 3.8) is 0 Å². The summed E-state index contributed by atoms with van der Waals surface area (Å²) in [7, 11) is 1.60. The van der Waals surface area contributed by atoms with Crippen LogP contribution in [-0.4, -0.2) is 31.3 Å². The second-order valence-corrected chi connectivity index (χ2v) is 5.60. The molecule has 2 rings (SSSR count). The van der Waals surface area contributed by atoms with Gasteiger partial charge in [-0.15, -0.1) is 0 Å². The largest absolute Gasteiger partial charge is 0.497 e. The van der Waals surface area contributed by atoms with Gasteiger partial charge in [0.1, 0.15) is 17.2 Å². The summed E-state index contributed by atoms with van der Waals surface area (Å²) in [6.07, 6.45) is 0. The predicted molar refractivity (Wildman–Crippen MR) is 105 cm³/mol. The molecule has 7 heteroatoms. The van der Waals surface area contributed by atoms with Gasteiger partial charge in [-0.3, -0.25) is 10.1 Å². The van der Waals surface area contributed by atoms with Crippen LogP contribution in [0, 0.1) is 0 Å². The summed E-state index contributed by atoms with van der Waals surface area (Å²) >= 11 is 5.20. The number of carbonyl (C=O) groups is 1. The minimum Gasteiger partial charge on any atom is -0.497 e. The highest BCUT2D eigenvalue weighted by Gasteiger charge is 2.12. The average Bonchev–Trinajstić information content (AvgIpc) is 2.62. The predicted octanol–water partition coefficient (Wildman–Crippen LogP) is 3.62. The zero-order valence-corrected chi connectivity index (χ0v) is 15.8. The van der Waals surface area contributed by atoms with Crippen molar-refractivity contribution in [3.05, 3.63) is 48.0 Å². The normalized spacial score (nSPS) is 9.96. The molecule has 0 saturated carbocycles. The zero-order valence-electron chi connectivity index (χ0n) is 15.0. The fraction of sp³-hybridized carbons (Fsp3) is 0.263. The molecule has 0 unspecified atom stereocenters. The van der Waals surface area contributed by atoms with Crippen molar-refractivity contribution in [2.24, 2.45) is 0 Å². The molecule has 6 nitrogen and oxygen atoms in total. The lowest BCUT2D eigenvalue weighted by atomic mass is 10.2. The Bertz CT molecular complexity index is 738. The van der Waals surface area contributed by atoms with Gasteiger partial charge in [-0.1, -0.05) is 0 Å². The Morgan fingerprint density at radius 1 is 0.962 bits per heavy atom. The number of carbonyl (C=O) groups excluding carboxylic acids is 1. The molecular weight excluding hydrogens is 352 g/mol. The third-order valence-corrected chi connectivity index (χ3v) is 3.54. The maximum absolute atomic E-state index is 12.5. The molecule has 0 fully saturated rings. The van der Waals surface area contributed by atoms with Gasteiger partial charge in [0.25, 0.3) is 5.91 Å². The first-order valence-electron chi connectivity index (χ1n) is 8.22. The molecule has 2 aromatic carbocycles. The van der Waals surface area contributed by atoms with Gasteiger partial charge in [0, 0.05) is 17.3 Å². The van der Waals surface area contributed by atoms with Crippen molar-refractivity contribution >= 4 is 28.9 Å². The van der Waals surface area contributed by atoms with Gasteiger partial charge in [0.05, 0.1) is 20.3 Å². The highest BCUT2D eigenvalue weighted by atomic mass is 32.1. The second kappa shape index (κ2) is 9.62. The lowest BCUT2D eigenvalue weighted by Gasteiger charge is -2.12. The van der Waals surface area contributed by atoms with Gasteiger partial charge in [0.15, 0.2) is 5.11 Å². The molecule has 0 aliphatic rings. The number of benzene rings is 2. The molecule has 0 heterocycles. The summed E-state index contributed by atoms with van der Waals surface area (Å²) < 4.78 is 16.1. The molecule has 2 aromatic rings. The quantitative estimate of drug-likeness (QED) is 0.722. The fourth-order valence-corrected chi connectivity index (χ4v) is 2.43. The van der Waals surface area contributed by atoms with E-state index in [1.807, 2.05) is 13.8 Å². The first-order valence-corrected chi connectivity index (χ1v) is 8.63. The minimum absolute atomic E-state index is 0.194. The number of amides is 1. The van der Waals surface area contributed by atoms with Gasteiger partial charge < -0.3 is 19.5 Å². The van der Waals surface area contributed by atoms with E-state index in [0.29, 0.717) is 30.3 Å². The number of thiocarbonyl (C=S) groups is 1. The summed E-state index contributed by atoms with van der Waals surface area (Å²) in [4.78, 5) is 12.5. The number of nitrogens with one attached hydrogen (secondary N) is 2. The lowest BCUT2D eigenvalue weighted by molar-refractivity contribution is 0.0976. The number of ether oxygens (including phenoxy) is 3. The first-order chi connectivity index (χ1) is 12.5. The fourth-order valence-electron chi connectivity index (χ4n) is 2.21. The van der Waals surface area contributed by atoms with Gasteiger partial charge >= 0.3 is 0 Å². The van der Waals surface area contributed by atoms with Crippen LogP contribution in [0.3, 0.4) is 0 Å². The van der Waals surface area contributed by atoms with Crippen molar-refractivity contribution in [1.29, 1.82) is 0 Å². The van der Waals surface area contributed by atoms with E-state index in [4.69, 9.17) is 26.4 Å². The summed E-state index contributed by atoms with van der Waals surface area (Å²) in [5.41, 5.74) is 1.15. The lowest BCUT2D eigenvalue weighted by Crippen LogP contribution is -2.34. The van der Waals surface area contributed by atoms with Crippen molar-refractivity contribution < 1.29 is 19.0 Å². The van der Waals surface area contributed by atoms with Crippen LogP contribution >= 0.6 is 12.2 Å². The van der Waals surface area contributed by atoms with Crippen LogP contribution in [0.25, 0.3) is 0 Å². The molecule has 0 aromatic heterocycles. The van der Waals surface area contributed by atoms with E-state index < -0.39 is 0 Å². The second-order valence-electron chi connectivity index (χ2n) is 5.20. The number of hydrogen-bond acceptors (Lipinski definition) is 5. The molecule has 0 radical (unpaired) electrons. The van der Waals surface area contributed by atoms with E-state index in [1.54, 1.807) is 49.6 Å². The summed E-state index contributed by atoms with van der Waals surface area (Å²) in [5, 5.41) is 5.80. The van der Waals surface area contributed by atoms with Crippen molar-refractivity contribution in [2.45, 2.75) is 13.8 Å². The Kier molecular flexibility index (Phi) is 7.23. The molecule has 0 saturated heterocycles. The van der Waals surface area contributed by atoms with Crippen LogP contribution in [0.1, 0.15) is 24.2 Å². The van der Waals surface area contributed by atoms with E-state index in [1.165, 1.54) is 0 Å². The SMILES string of the molecule is CCOc1cc(OCC)cc(C(=O)NC(=S)Nc2ccc(OC)cc2)c1. The minimum atomic E-state index is -0.349. The molecule has 2 N–H and O–H groups in total. The maximum Gasteiger partial charge on any atom is 0.257 e. The molecule has 0 aliphatic heterocycles. The van der Waals surface area contributed by atoms with Gasteiger partial charge in [0.2, 0.25) is 0 Å². The zero-order chi connectivity index (χ0) is 18.9. The summed E-state index contributed by atoms with van der Waals surface area (Å²) in [6.45, 7) is 4.74. The van der Waals surface area contributed by atoms with Crippen LogP contribution in [0.15, 0.2) is 42.5 Å². The summed E-state index contributed by atoms with van der Waals surface area (Å²) in [6, 6.07) is 12.3. The molecule has 0 bridgehead atoms. The van der Waals surface area contributed by atoms with Gasteiger partial charge in [-0.25, -0.2) is 0 Å². The van der Waals surface area contributed by atoms with Crippen LogP contribution in [0.2, 0.25) is 0 Å². The Labute approximate surface area is 158 Å². The third kappa shape index (κ3) is 5.63. The van der Waals surface area contributed by atoms with Crippen LogP contribution in [0.4, 0.5) is 5.69 Å². The van der Waals surface area contributed by atoms with Crippen molar-refractivity contribution in [3.8, 4) is 17.2 Å². The average molecular weight is 374 g/mol. The van der Waals surface area contributed by atoms with E-state index in [-0.39, 0.29) is 11.0 Å². The highest BCUT2D eigenvalue weighted by molar-refractivity contribution is 7.80. The molecular formula is C19H22N2O4S. The topological polar surface area (TPSA) is 68.8 Å². The molecule has 138 valence electrons. The van der Waals surface area contributed by atoms with Gasteiger partial charge in [-0.2, -0.15) is 0 Å². The van der Waals surface area contributed by atoms with Crippen molar-refractivity contribution in [2.75, 3.05) is 25.6 Å². The van der Waals surface area contributed by atoms with E-state index >= 15 is 0 Å². The number of hydrogen-bond donors (Lipinski definition) is 2. The van der Waals surface area contributed by atoms with E-state index in [2.05, 4.69) is 10.6 Å². The Morgan fingerprint density at radius 3 is 2.04 bits per heavy atom. The number of anilines is 1.